The molecular weight excluding hydrogens is 522 g/mol. The highest BCUT2D eigenvalue weighted by molar-refractivity contribution is 9.10. The predicted molar refractivity (Wildman–Crippen MR) is 143 cm³/mol. The number of amides is 2. The van der Waals surface area contributed by atoms with E-state index in [1.807, 2.05) is 25.1 Å². The van der Waals surface area contributed by atoms with Crippen LogP contribution in [-0.4, -0.2) is 16.7 Å². The largest absolute Gasteiger partial charge is 0.324 e. The molecule has 180 valence electrons. The van der Waals surface area contributed by atoms with E-state index in [0.717, 1.165) is 10.0 Å². The van der Waals surface area contributed by atoms with E-state index in [1.165, 1.54) is 29.2 Å². The molecule has 0 bridgehead atoms. The molecule has 0 heterocycles. The normalized spacial score (nSPS) is 11.4. The molecule has 0 aromatic heterocycles. The first-order valence-electron chi connectivity index (χ1n) is 11.1. The summed E-state index contributed by atoms with van der Waals surface area (Å²) in [6.07, 6.45) is 0. The third-order valence-electron chi connectivity index (χ3n) is 5.59. The van der Waals surface area contributed by atoms with Crippen molar-refractivity contribution in [2.75, 3.05) is 10.2 Å². The van der Waals surface area contributed by atoms with Crippen LogP contribution in [0.15, 0.2) is 108 Å². The van der Waals surface area contributed by atoms with Gasteiger partial charge in [-0.3, -0.25) is 24.6 Å². The molecule has 0 aliphatic rings. The van der Waals surface area contributed by atoms with Gasteiger partial charge in [-0.05, 0) is 61.0 Å². The molecule has 1 unspecified atom stereocenters. The summed E-state index contributed by atoms with van der Waals surface area (Å²) in [6, 6.07) is 27.9. The van der Waals surface area contributed by atoms with Crippen molar-refractivity contribution >= 4 is 44.8 Å². The predicted octanol–water partition coefficient (Wildman–Crippen LogP) is 6.69. The number of nitrogens with one attached hydrogen (secondary N) is 1. The number of hydrogen-bond acceptors (Lipinski definition) is 4. The highest BCUT2D eigenvalue weighted by Crippen LogP contribution is 2.31. The fourth-order valence-electron chi connectivity index (χ4n) is 3.75. The summed E-state index contributed by atoms with van der Waals surface area (Å²) in [6.45, 7) is 1.95. The Morgan fingerprint density at radius 2 is 1.47 bits per heavy atom. The number of carbonyl (C=O) groups excluding carboxylic acids is 2. The van der Waals surface area contributed by atoms with E-state index < -0.39 is 16.9 Å². The molecule has 0 fully saturated rings. The summed E-state index contributed by atoms with van der Waals surface area (Å²) in [5.74, 6) is -0.805. The van der Waals surface area contributed by atoms with Crippen LogP contribution < -0.4 is 10.2 Å². The molecule has 4 aromatic carbocycles. The van der Waals surface area contributed by atoms with Gasteiger partial charge in [0.1, 0.15) is 6.04 Å². The molecule has 0 aliphatic carbocycles. The molecule has 0 aliphatic heterocycles. The molecule has 36 heavy (non-hydrogen) atoms. The Bertz CT molecular complexity index is 1370. The molecule has 0 saturated heterocycles. The van der Waals surface area contributed by atoms with Crippen LogP contribution in [0.5, 0.6) is 0 Å². The van der Waals surface area contributed by atoms with E-state index in [9.17, 15) is 19.7 Å². The average Bonchev–Trinajstić information content (AvgIpc) is 2.88. The van der Waals surface area contributed by atoms with Crippen LogP contribution in [0, 0.1) is 17.0 Å². The van der Waals surface area contributed by atoms with Crippen LogP contribution in [0.2, 0.25) is 0 Å². The highest BCUT2D eigenvalue weighted by Gasteiger charge is 2.33. The molecule has 4 rings (SSSR count). The Morgan fingerprint density at radius 3 is 2.06 bits per heavy atom. The van der Waals surface area contributed by atoms with Gasteiger partial charge >= 0.3 is 0 Å². The maximum Gasteiger partial charge on any atom is 0.269 e. The first-order chi connectivity index (χ1) is 17.3. The van der Waals surface area contributed by atoms with Crippen molar-refractivity contribution < 1.29 is 14.5 Å². The smallest absolute Gasteiger partial charge is 0.269 e. The standard InChI is InChI=1S/C28H22BrN3O4/c1-19-7-15-24(16-8-19)31(28(34)21-9-11-22(29)12-10-21)26(20-5-3-2-4-6-20)27(33)30-23-13-17-25(18-14-23)32(35)36/h2-18,26H,1H3,(H,30,33). The molecular formula is C28H22BrN3O4. The van der Waals surface area contributed by atoms with Gasteiger partial charge < -0.3 is 5.32 Å². The molecule has 0 radical (unpaired) electrons. The van der Waals surface area contributed by atoms with Crippen molar-refractivity contribution in [1.82, 2.24) is 0 Å². The number of non-ortho nitro benzene ring substituents is 1. The summed E-state index contributed by atoms with van der Waals surface area (Å²) in [5, 5.41) is 13.8. The number of benzene rings is 4. The van der Waals surface area contributed by atoms with Crippen molar-refractivity contribution in [3.63, 3.8) is 0 Å². The van der Waals surface area contributed by atoms with Gasteiger partial charge in [-0.2, -0.15) is 0 Å². The minimum absolute atomic E-state index is 0.0840. The lowest BCUT2D eigenvalue weighted by Crippen LogP contribution is -2.41. The Morgan fingerprint density at radius 1 is 0.861 bits per heavy atom. The number of nitro groups is 1. The third kappa shape index (κ3) is 5.67. The van der Waals surface area contributed by atoms with Gasteiger partial charge in [0.05, 0.1) is 4.92 Å². The lowest BCUT2D eigenvalue weighted by molar-refractivity contribution is -0.384. The molecule has 2 amide bonds. The van der Waals surface area contributed by atoms with Crippen LogP contribution >= 0.6 is 15.9 Å². The molecule has 1 N–H and O–H groups in total. The zero-order valence-corrected chi connectivity index (χ0v) is 20.9. The van der Waals surface area contributed by atoms with E-state index in [4.69, 9.17) is 0 Å². The second-order valence-electron chi connectivity index (χ2n) is 8.12. The number of aryl methyl sites for hydroxylation is 1. The lowest BCUT2D eigenvalue weighted by atomic mass is 10.0. The maximum absolute atomic E-state index is 13.9. The fraction of sp³-hybridized carbons (Fsp3) is 0.0714. The van der Waals surface area contributed by atoms with Gasteiger partial charge in [-0.1, -0.05) is 64.0 Å². The zero-order valence-electron chi connectivity index (χ0n) is 19.3. The van der Waals surface area contributed by atoms with Crippen LogP contribution in [0.1, 0.15) is 27.5 Å². The summed E-state index contributed by atoms with van der Waals surface area (Å²) in [7, 11) is 0. The summed E-state index contributed by atoms with van der Waals surface area (Å²) >= 11 is 3.39. The van der Waals surface area contributed by atoms with E-state index in [-0.39, 0.29) is 11.6 Å². The van der Waals surface area contributed by atoms with Gasteiger partial charge in [0, 0.05) is 33.5 Å². The number of anilines is 2. The fourth-order valence-corrected chi connectivity index (χ4v) is 4.01. The van der Waals surface area contributed by atoms with E-state index in [1.54, 1.807) is 60.7 Å². The molecule has 0 spiro atoms. The van der Waals surface area contributed by atoms with Crippen LogP contribution in [0.25, 0.3) is 0 Å². The maximum atomic E-state index is 13.9. The summed E-state index contributed by atoms with van der Waals surface area (Å²) in [4.78, 5) is 39.6. The summed E-state index contributed by atoms with van der Waals surface area (Å²) < 4.78 is 0.830. The number of nitrogens with zero attached hydrogens (tertiary/aromatic N) is 2. The van der Waals surface area contributed by atoms with Crippen LogP contribution in [-0.2, 0) is 4.79 Å². The quantitative estimate of drug-likeness (QED) is 0.207. The Labute approximate surface area is 216 Å². The van der Waals surface area contributed by atoms with Gasteiger partial charge in [0.25, 0.3) is 17.5 Å². The number of hydrogen-bond donors (Lipinski definition) is 1. The SMILES string of the molecule is Cc1ccc(N(C(=O)c2ccc(Br)cc2)C(C(=O)Nc2ccc([N+](=O)[O-])cc2)c2ccccc2)cc1. The van der Waals surface area contributed by atoms with Crippen LogP contribution in [0.4, 0.5) is 17.1 Å². The third-order valence-corrected chi connectivity index (χ3v) is 6.12. The molecule has 7 nitrogen and oxygen atoms in total. The second kappa shape index (κ2) is 11.0. The van der Waals surface area contributed by atoms with Gasteiger partial charge in [0.2, 0.25) is 0 Å². The number of halogens is 1. The molecule has 0 saturated carbocycles. The van der Waals surface area contributed by atoms with Gasteiger partial charge in [-0.25, -0.2) is 0 Å². The van der Waals surface area contributed by atoms with Crippen molar-refractivity contribution in [3.05, 3.63) is 134 Å². The number of nitro benzene ring substituents is 1. The molecule has 1 atom stereocenters. The molecule has 4 aromatic rings. The van der Waals surface area contributed by atoms with Crippen LogP contribution in [0.3, 0.4) is 0 Å². The highest BCUT2D eigenvalue weighted by atomic mass is 79.9. The van der Waals surface area contributed by atoms with Crippen molar-refractivity contribution in [1.29, 1.82) is 0 Å². The van der Waals surface area contributed by atoms with Gasteiger partial charge in [-0.15, -0.1) is 0 Å². The Kier molecular flexibility index (Phi) is 7.56. The minimum Gasteiger partial charge on any atom is -0.324 e. The van der Waals surface area contributed by atoms with E-state index >= 15 is 0 Å². The Balaban J connectivity index is 1.79. The monoisotopic (exact) mass is 543 g/mol. The molecule has 8 heteroatoms. The average molecular weight is 544 g/mol. The first kappa shape index (κ1) is 24.8. The Hall–Kier alpha value is -4.30. The van der Waals surface area contributed by atoms with Crippen molar-refractivity contribution in [3.8, 4) is 0 Å². The number of rotatable bonds is 7. The van der Waals surface area contributed by atoms with Crippen molar-refractivity contribution in [2.24, 2.45) is 0 Å². The summed E-state index contributed by atoms with van der Waals surface area (Å²) in [5.41, 5.74) is 2.90. The lowest BCUT2D eigenvalue weighted by Gasteiger charge is -2.31. The second-order valence-corrected chi connectivity index (χ2v) is 9.04. The topological polar surface area (TPSA) is 92.6 Å². The van der Waals surface area contributed by atoms with E-state index in [0.29, 0.717) is 22.5 Å². The minimum atomic E-state index is -1.01. The van der Waals surface area contributed by atoms with E-state index in [2.05, 4.69) is 21.2 Å². The zero-order chi connectivity index (χ0) is 25.7. The van der Waals surface area contributed by atoms with Crippen molar-refractivity contribution in [2.45, 2.75) is 13.0 Å². The number of carbonyl (C=O) groups is 2. The van der Waals surface area contributed by atoms with Gasteiger partial charge in [0.15, 0.2) is 0 Å². The first-order valence-corrected chi connectivity index (χ1v) is 11.9.